The molecule has 3 rings (SSSR count). The minimum absolute atomic E-state index is 0.0746. The van der Waals surface area contributed by atoms with Crippen LogP contribution in [0.15, 0.2) is 23.4 Å². The lowest BCUT2D eigenvalue weighted by Crippen LogP contribution is -2.27. The molecule has 1 aliphatic rings. The molecule has 94 valence electrons. The lowest BCUT2D eigenvalue weighted by atomic mass is 10.0. The number of aromatic nitrogens is 4. The van der Waals surface area contributed by atoms with Crippen LogP contribution in [0.4, 0.5) is 0 Å². The Balaban J connectivity index is 1.88. The van der Waals surface area contributed by atoms with Crippen LogP contribution >= 0.6 is 0 Å². The lowest BCUT2D eigenvalue weighted by molar-refractivity contribution is -0.123. The Labute approximate surface area is 103 Å². The predicted molar refractivity (Wildman–Crippen MR) is 64.2 cm³/mol. The van der Waals surface area contributed by atoms with Gasteiger partial charge in [0.15, 0.2) is 11.4 Å². The SMILES string of the molecule is O=C(Cn1nc2cnccn2c1=O)C1CCCC1. The Kier molecular flexibility index (Phi) is 2.70. The Morgan fingerprint density at radius 2 is 2.17 bits per heavy atom. The van der Waals surface area contributed by atoms with Crippen molar-refractivity contribution in [3.63, 3.8) is 0 Å². The van der Waals surface area contributed by atoms with Gasteiger partial charge in [0.2, 0.25) is 0 Å². The summed E-state index contributed by atoms with van der Waals surface area (Å²) in [5.74, 6) is 0.228. The molecule has 18 heavy (non-hydrogen) atoms. The zero-order valence-electron chi connectivity index (χ0n) is 9.95. The van der Waals surface area contributed by atoms with Crippen LogP contribution in [0.5, 0.6) is 0 Å². The molecule has 0 unspecified atom stereocenters. The lowest BCUT2D eigenvalue weighted by Gasteiger charge is -2.06. The summed E-state index contributed by atoms with van der Waals surface area (Å²) >= 11 is 0. The first-order valence-corrected chi connectivity index (χ1v) is 6.17. The second-order valence-corrected chi connectivity index (χ2v) is 4.69. The van der Waals surface area contributed by atoms with Crippen LogP contribution < -0.4 is 5.69 Å². The van der Waals surface area contributed by atoms with Gasteiger partial charge in [-0.2, -0.15) is 0 Å². The molecule has 0 spiro atoms. The van der Waals surface area contributed by atoms with E-state index in [2.05, 4.69) is 10.1 Å². The van der Waals surface area contributed by atoms with Crippen molar-refractivity contribution in [3.8, 4) is 0 Å². The average Bonchev–Trinajstić information content (AvgIpc) is 3.00. The maximum atomic E-state index is 12.0. The monoisotopic (exact) mass is 246 g/mol. The highest BCUT2D eigenvalue weighted by atomic mass is 16.2. The van der Waals surface area contributed by atoms with Gasteiger partial charge in [-0.3, -0.25) is 9.78 Å². The summed E-state index contributed by atoms with van der Waals surface area (Å²) in [4.78, 5) is 27.9. The molecule has 0 aliphatic heterocycles. The van der Waals surface area contributed by atoms with Crippen molar-refractivity contribution in [1.29, 1.82) is 0 Å². The number of carbonyl (C=O) groups excluding carboxylic acids is 1. The quantitative estimate of drug-likeness (QED) is 0.797. The van der Waals surface area contributed by atoms with E-state index < -0.39 is 0 Å². The maximum absolute atomic E-state index is 12.0. The van der Waals surface area contributed by atoms with Gasteiger partial charge in [-0.1, -0.05) is 12.8 Å². The van der Waals surface area contributed by atoms with Gasteiger partial charge in [-0.05, 0) is 12.8 Å². The van der Waals surface area contributed by atoms with Crippen LogP contribution in [0.1, 0.15) is 25.7 Å². The van der Waals surface area contributed by atoms with Crippen LogP contribution in [0, 0.1) is 5.92 Å². The molecule has 2 heterocycles. The number of nitrogens with zero attached hydrogens (tertiary/aromatic N) is 4. The fourth-order valence-electron chi connectivity index (χ4n) is 2.51. The number of hydrogen-bond acceptors (Lipinski definition) is 4. The number of Topliss-reactive ketones (excluding diaryl/α,β-unsaturated/α-hetero) is 1. The fourth-order valence-corrected chi connectivity index (χ4v) is 2.51. The van der Waals surface area contributed by atoms with Crippen molar-refractivity contribution in [2.24, 2.45) is 5.92 Å². The van der Waals surface area contributed by atoms with Gasteiger partial charge < -0.3 is 0 Å². The van der Waals surface area contributed by atoms with Crippen molar-refractivity contribution in [2.75, 3.05) is 0 Å². The summed E-state index contributed by atoms with van der Waals surface area (Å²) in [7, 11) is 0. The summed E-state index contributed by atoms with van der Waals surface area (Å²) < 4.78 is 2.63. The van der Waals surface area contributed by atoms with Gasteiger partial charge in [0, 0.05) is 18.3 Å². The molecule has 6 heteroatoms. The third-order valence-corrected chi connectivity index (χ3v) is 3.50. The van der Waals surface area contributed by atoms with E-state index in [1.165, 1.54) is 21.5 Å². The third-order valence-electron chi connectivity index (χ3n) is 3.50. The Morgan fingerprint density at radius 3 is 2.89 bits per heavy atom. The normalized spacial score (nSPS) is 16.4. The van der Waals surface area contributed by atoms with Crippen LogP contribution in [0.3, 0.4) is 0 Å². The van der Waals surface area contributed by atoms with Crippen LogP contribution in [-0.2, 0) is 11.3 Å². The van der Waals surface area contributed by atoms with Gasteiger partial charge in [-0.25, -0.2) is 13.9 Å². The first kappa shape index (κ1) is 11.1. The van der Waals surface area contributed by atoms with Crippen molar-refractivity contribution in [2.45, 2.75) is 32.2 Å². The highest BCUT2D eigenvalue weighted by molar-refractivity contribution is 5.80. The number of hydrogen-bond donors (Lipinski definition) is 0. The Hall–Kier alpha value is -1.98. The smallest absolute Gasteiger partial charge is 0.297 e. The largest absolute Gasteiger partial charge is 0.350 e. The first-order chi connectivity index (χ1) is 8.75. The zero-order chi connectivity index (χ0) is 12.5. The third kappa shape index (κ3) is 1.83. The summed E-state index contributed by atoms with van der Waals surface area (Å²) in [5, 5.41) is 4.11. The van der Waals surface area contributed by atoms with E-state index in [0.717, 1.165) is 25.7 Å². The summed E-state index contributed by atoms with van der Waals surface area (Å²) in [5.41, 5.74) is 0.195. The van der Waals surface area contributed by atoms with Crippen LogP contribution in [-0.4, -0.2) is 24.9 Å². The topological polar surface area (TPSA) is 69.3 Å². The molecular formula is C12H14N4O2. The molecule has 0 saturated heterocycles. The van der Waals surface area contributed by atoms with E-state index in [-0.39, 0.29) is 23.9 Å². The average molecular weight is 246 g/mol. The molecule has 1 saturated carbocycles. The summed E-state index contributed by atoms with van der Waals surface area (Å²) in [6.07, 6.45) is 8.71. The number of rotatable bonds is 3. The van der Waals surface area contributed by atoms with Crippen molar-refractivity contribution >= 4 is 11.4 Å². The molecule has 0 bridgehead atoms. The molecule has 0 radical (unpaired) electrons. The van der Waals surface area contributed by atoms with Crippen molar-refractivity contribution < 1.29 is 4.79 Å². The van der Waals surface area contributed by atoms with E-state index in [9.17, 15) is 9.59 Å². The molecule has 0 atom stereocenters. The highest BCUT2D eigenvalue weighted by Gasteiger charge is 2.23. The van der Waals surface area contributed by atoms with Gasteiger partial charge in [0.25, 0.3) is 0 Å². The Bertz CT molecular complexity index is 637. The molecule has 1 aliphatic carbocycles. The van der Waals surface area contributed by atoms with Gasteiger partial charge in [0.05, 0.1) is 6.20 Å². The highest BCUT2D eigenvalue weighted by Crippen LogP contribution is 2.25. The number of fused-ring (bicyclic) bond motifs is 1. The number of carbonyl (C=O) groups is 1. The molecule has 6 nitrogen and oxygen atoms in total. The first-order valence-electron chi connectivity index (χ1n) is 6.17. The summed E-state index contributed by atoms with van der Waals surface area (Å²) in [6, 6.07) is 0. The van der Waals surface area contributed by atoms with Gasteiger partial charge in [-0.15, -0.1) is 5.10 Å². The molecule has 2 aromatic heterocycles. The molecule has 0 amide bonds. The fraction of sp³-hybridized carbons (Fsp3) is 0.500. The standard InChI is InChI=1S/C12H14N4O2/c17-10(9-3-1-2-4-9)8-16-12(18)15-6-5-13-7-11(15)14-16/h5-7,9H,1-4,8H2. The molecular weight excluding hydrogens is 232 g/mol. The van der Waals surface area contributed by atoms with E-state index in [1.807, 2.05) is 0 Å². The van der Waals surface area contributed by atoms with Crippen molar-refractivity contribution in [1.82, 2.24) is 19.2 Å². The number of ketones is 1. The Morgan fingerprint density at radius 1 is 1.39 bits per heavy atom. The molecule has 2 aromatic rings. The van der Waals surface area contributed by atoms with E-state index in [4.69, 9.17) is 0 Å². The molecule has 0 aromatic carbocycles. The molecule has 0 N–H and O–H groups in total. The van der Waals surface area contributed by atoms with Gasteiger partial charge in [0.1, 0.15) is 6.54 Å². The maximum Gasteiger partial charge on any atom is 0.350 e. The summed E-state index contributed by atoms with van der Waals surface area (Å²) in [6.45, 7) is 0.0746. The zero-order valence-corrected chi connectivity index (χ0v) is 9.95. The minimum Gasteiger partial charge on any atom is -0.297 e. The van der Waals surface area contributed by atoms with E-state index in [0.29, 0.717) is 5.65 Å². The predicted octanol–water partition coefficient (Wildman–Crippen LogP) is 0.650. The molecule has 1 fully saturated rings. The van der Waals surface area contributed by atoms with Crippen molar-refractivity contribution in [3.05, 3.63) is 29.1 Å². The second-order valence-electron chi connectivity index (χ2n) is 4.69. The van der Waals surface area contributed by atoms with Crippen LogP contribution in [0.25, 0.3) is 5.65 Å². The van der Waals surface area contributed by atoms with E-state index >= 15 is 0 Å². The van der Waals surface area contributed by atoms with Gasteiger partial charge >= 0.3 is 5.69 Å². The van der Waals surface area contributed by atoms with Crippen LogP contribution in [0.2, 0.25) is 0 Å². The van der Waals surface area contributed by atoms with E-state index in [1.54, 1.807) is 6.20 Å². The minimum atomic E-state index is -0.279. The second kappa shape index (κ2) is 4.36.